The molecule has 1 atom stereocenters. The maximum Gasteiger partial charge on any atom is 0.245 e. The van der Waals surface area contributed by atoms with Crippen LogP contribution in [0.3, 0.4) is 0 Å². The van der Waals surface area contributed by atoms with Crippen LogP contribution in [0.5, 0.6) is 5.75 Å². The minimum absolute atomic E-state index is 0. The van der Waals surface area contributed by atoms with Gasteiger partial charge in [-0.3, -0.25) is 4.79 Å². The van der Waals surface area contributed by atoms with E-state index in [1.165, 1.54) is 11.3 Å². The Labute approximate surface area is 157 Å². The highest BCUT2D eigenvalue weighted by atomic mass is 35.5. The van der Waals surface area contributed by atoms with Crippen LogP contribution in [-0.4, -0.2) is 43.3 Å². The first-order chi connectivity index (χ1) is 11.8. The van der Waals surface area contributed by atoms with Gasteiger partial charge in [0.15, 0.2) is 5.13 Å². The number of anilines is 1. The number of morpholine rings is 1. The van der Waals surface area contributed by atoms with Crippen LogP contribution in [0.1, 0.15) is 13.3 Å². The smallest absolute Gasteiger partial charge is 0.245 e. The Morgan fingerprint density at radius 3 is 2.92 bits per heavy atom. The summed E-state index contributed by atoms with van der Waals surface area (Å²) in [5.41, 5.74) is 1.83. The number of hydrogen-bond acceptors (Lipinski definition) is 6. The lowest BCUT2D eigenvalue weighted by molar-refractivity contribution is -0.120. The fourth-order valence-electron chi connectivity index (χ4n) is 2.33. The first kappa shape index (κ1) is 19.7. The van der Waals surface area contributed by atoms with Gasteiger partial charge >= 0.3 is 0 Å². The second-order valence-corrected chi connectivity index (χ2v) is 6.34. The Morgan fingerprint density at radius 2 is 2.24 bits per heavy atom. The molecule has 1 unspecified atom stereocenters. The standard InChI is InChI=1S/C17H21N3O3S.ClH/c1-2-8-23-13-5-3-12(4-6-13)15-11-24-17(19-15)20-16(21)14-10-22-9-7-18-14;/h3-6,11,14,18H,2,7-10H2,1H3,(H,19,20,21);1H. The number of rotatable bonds is 6. The Bertz CT molecular complexity index is 672. The molecular weight excluding hydrogens is 362 g/mol. The van der Waals surface area contributed by atoms with Crippen molar-refractivity contribution in [2.75, 3.05) is 31.7 Å². The van der Waals surface area contributed by atoms with Crippen LogP contribution in [0.4, 0.5) is 5.13 Å². The van der Waals surface area contributed by atoms with E-state index in [0.29, 0.717) is 31.5 Å². The van der Waals surface area contributed by atoms with Gasteiger partial charge in [-0.05, 0) is 30.7 Å². The van der Waals surface area contributed by atoms with Crippen molar-refractivity contribution < 1.29 is 14.3 Å². The molecule has 2 heterocycles. The quantitative estimate of drug-likeness (QED) is 0.802. The van der Waals surface area contributed by atoms with Gasteiger partial charge in [0, 0.05) is 17.5 Å². The summed E-state index contributed by atoms with van der Waals surface area (Å²) >= 11 is 1.41. The molecule has 2 N–H and O–H groups in total. The molecule has 3 rings (SSSR count). The highest BCUT2D eigenvalue weighted by Crippen LogP contribution is 2.26. The molecule has 136 valence electrons. The van der Waals surface area contributed by atoms with Crippen molar-refractivity contribution in [2.45, 2.75) is 19.4 Å². The van der Waals surface area contributed by atoms with Gasteiger partial charge in [-0.2, -0.15) is 0 Å². The van der Waals surface area contributed by atoms with Crippen LogP contribution >= 0.6 is 23.7 Å². The van der Waals surface area contributed by atoms with Crippen LogP contribution in [0, 0.1) is 0 Å². The highest BCUT2D eigenvalue weighted by molar-refractivity contribution is 7.14. The first-order valence-corrected chi connectivity index (χ1v) is 8.95. The third-order valence-corrected chi connectivity index (χ3v) is 4.35. The number of amides is 1. The molecule has 0 spiro atoms. The molecule has 6 nitrogen and oxygen atoms in total. The predicted octanol–water partition coefficient (Wildman–Crippen LogP) is 2.95. The van der Waals surface area contributed by atoms with Gasteiger partial charge in [-0.25, -0.2) is 4.98 Å². The van der Waals surface area contributed by atoms with Gasteiger partial charge in [-0.1, -0.05) is 6.92 Å². The van der Waals surface area contributed by atoms with E-state index in [-0.39, 0.29) is 24.4 Å². The van der Waals surface area contributed by atoms with Crippen LogP contribution < -0.4 is 15.4 Å². The van der Waals surface area contributed by atoms with E-state index in [4.69, 9.17) is 9.47 Å². The van der Waals surface area contributed by atoms with Crippen molar-refractivity contribution in [3.8, 4) is 17.0 Å². The molecule has 0 saturated carbocycles. The summed E-state index contributed by atoms with van der Waals surface area (Å²) in [6.07, 6.45) is 0.984. The third kappa shape index (κ3) is 5.40. The Hall–Kier alpha value is -1.67. The number of thiazole rings is 1. The number of benzene rings is 1. The van der Waals surface area contributed by atoms with Gasteiger partial charge in [0.05, 0.1) is 25.5 Å². The van der Waals surface area contributed by atoms with Crippen molar-refractivity contribution in [3.05, 3.63) is 29.6 Å². The zero-order chi connectivity index (χ0) is 16.8. The molecule has 1 amide bonds. The number of hydrogen-bond donors (Lipinski definition) is 2. The maximum absolute atomic E-state index is 12.2. The molecule has 0 radical (unpaired) electrons. The molecule has 1 saturated heterocycles. The van der Waals surface area contributed by atoms with Crippen LogP contribution in [-0.2, 0) is 9.53 Å². The molecule has 0 bridgehead atoms. The fourth-order valence-corrected chi connectivity index (χ4v) is 3.05. The molecule has 1 aliphatic heterocycles. The summed E-state index contributed by atoms with van der Waals surface area (Å²) in [6, 6.07) is 7.50. The van der Waals surface area contributed by atoms with Crippen LogP contribution in [0.2, 0.25) is 0 Å². The van der Waals surface area contributed by atoms with E-state index in [9.17, 15) is 4.79 Å². The van der Waals surface area contributed by atoms with Crippen LogP contribution in [0.25, 0.3) is 11.3 Å². The Balaban J connectivity index is 0.00000225. The zero-order valence-corrected chi connectivity index (χ0v) is 15.6. The predicted molar refractivity (Wildman–Crippen MR) is 102 cm³/mol. The van der Waals surface area contributed by atoms with Crippen LogP contribution in [0.15, 0.2) is 29.6 Å². The number of ether oxygens (including phenoxy) is 2. The minimum Gasteiger partial charge on any atom is -0.494 e. The van der Waals surface area contributed by atoms with E-state index in [1.54, 1.807) is 0 Å². The summed E-state index contributed by atoms with van der Waals surface area (Å²) in [4.78, 5) is 16.6. The lowest BCUT2D eigenvalue weighted by Gasteiger charge is -2.22. The molecular formula is C17H22ClN3O3S. The van der Waals surface area contributed by atoms with E-state index < -0.39 is 0 Å². The van der Waals surface area contributed by atoms with E-state index in [1.807, 2.05) is 29.6 Å². The van der Waals surface area contributed by atoms with E-state index in [2.05, 4.69) is 22.5 Å². The number of carbonyl (C=O) groups is 1. The largest absolute Gasteiger partial charge is 0.494 e. The Morgan fingerprint density at radius 1 is 1.44 bits per heavy atom. The second kappa shape index (κ2) is 9.72. The third-order valence-electron chi connectivity index (χ3n) is 3.60. The topological polar surface area (TPSA) is 72.5 Å². The monoisotopic (exact) mass is 383 g/mol. The van der Waals surface area contributed by atoms with Crippen molar-refractivity contribution in [2.24, 2.45) is 0 Å². The van der Waals surface area contributed by atoms with E-state index >= 15 is 0 Å². The highest BCUT2D eigenvalue weighted by Gasteiger charge is 2.22. The van der Waals surface area contributed by atoms with Gasteiger partial charge in [0.25, 0.3) is 0 Å². The lowest BCUT2D eigenvalue weighted by atomic mass is 10.2. The SMILES string of the molecule is CCCOc1ccc(-c2csc(NC(=O)C3COCCN3)n2)cc1.Cl. The first-order valence-electron chi connectivity index (χ1n) is 8.07. The van der Waals surface area contributed by atoms with Crippen molar-refractivity contribution in [1.82, 2.24) is 10.3 Å². The molecule has 1 aromatic carbocycles. The molecule has 0 aliphatic carbocycles. The molecule has 8 heteroatoms. The number of nitrogens with zero attached hydrogens (tertiary/aromatic N) is 1. The van der Waals surface area contributed by atoms with Crippen molar-refractivity contribution in [1.29, 1.82) is 0 Å². The number of nitrogens with one attached hydrogen (secondary N) is 2. The lowest BCUT2D eigenvalue weighted by Crippen LogP contribution is -2.48. The van der Waals surface area contributed by atoms with Gasteiger partial charge < -0.3 is 20.1 Å². The van der Waals surface area contributed by atoms with Gasteiger partial charge in [0.1, 0.15) is 11.8 Å². The summed E-state index contributed by atoms with van der Waals surface area (Å²) in [5.74, 6) is 0.742. The van der Waals surface area contributed by atoms with Gasteiger partial charge in [0.2, 0.25) is 5.91 Å². The second-order valence-electron chi connectivity index (χ2n) is 5.48. The summed E-state index contributed by atoms with van der Waals surface area (Å²) in [5, 5.41) is 8.49. The fraction of sp³-hybridized carbons (Fsp3) is 0.412. The number of carbonyl (C=O) groups excluding carboxylic acids is 1. The summed E-state index contributed by atoms with van der Waals surface area (Å²) < 4.78 is 10.9. The van der Waals surface area contributed by atoms with Crippen molar-refractivity contribution in [3.63, 3.8) is 0 Å². The molecule has 1 fully saturated rings. The van der Waals surface area contributed by atoms with Crippen molar-refractivity contribution >= 4 is 34.8 Å². The van der Waals surface area contributed by atoms with Gasteiger partial charge in [-0.15, -0.1) is 23.7 Å². The molecule has 1 aliphatic rings. The summed E-state index contributed by atoms with van der Waals surface area (Å²) in [6.45, 7) is 4.51. The summed E-state index contributed by atoms with van der Waals surface area (Å²) in [7, 11) is 0. The maximum atomic E-state index is 12.2. The zero-order valence-electron chi connectivity index (χ0n) is 14.0. The van der Waals surface area contributed by atoms with E-state index in [0.717, 1.165) is 23.4 Å². The molecule has 1 aromatic heterocycles. The number of aromatic nitrogens is 1. The molecule has 25 heavy (non-hydrogen) atoms. The average Bonchev–Trinajstić information content (AvgIpc) is 3.09. The normalized spacial score (nSPS) is 16.8. The number of halogens is 1. The molecule has 2 aromatic rings. The Kier molecular flexibility index (Phi) is 7.64. The minimum atomic E-state index is -0.318. The average molecular weight is 384 g/mol.